The van der Waals surface area contributed by atoms with Crippen LogP contribution in [0.3, 0.4) is 0 Å². The number of amides is 1. The maximum Gasteiger partial charge on any atom is 0.257 e. The second kappa shape index (κ2) is 9.79. The van der Waals surface area contributed by atoms with Crippen molar-refractivity contribution in [2.75, 3.05) is 6.61 Å². The third-order valence-corrected chi connectivity index (χ3v) is 3.93. The fraction of sp³-hybridized carbons (Fsp3) is 0.300. The molecule has 2 rings (SSSR count). The summed E-state index contributed by atoms with van der Waals surface area (Å²) in [5.41, 5.74) is 1.65. The molecule has 2 N–H and O–H groups in total. The Balaban J connectivity index is 1.96. The standard InChI is InChI=1S/C20H24N2O2S/c1-3-13-24-17-12-8-11-16(14-17)19(23)22-20(25)21-18(4-2)15-9-6-5-7-10-15/h5-12,14,18H,3-4,13H2,1-2H3,(H2,21,22,23,25). The van der Waals surface area contributed by atoms with Gasteiger partial charge in [-0.25, -0.2) is 0 Å². The molecule has 0 heterocycles. The van der Waals surface area contributed by atoms with E-state index in [1.165, 1.54) is 0 Å². The molecular weight excluding hydrogens is 332 g/mol. The van der Waals surface area contributed by atoms with E-state index in [0.717, 1.165) is 18.4 Å². The molecule has 2 aromatic rings. The zero-order chi connectivity index (χ0) is 18.1. The van der Waals surface area contributed by atoms with Crippen LogP contribution in [0.5, 0.6) is 5.75 Å². The zero-order valence-electron chi connectivity index (χ0n) is 14.6. The molecule has 4 nitrogen and oxygen atoms in total. The predicted molar refractivity (Wildman–Crippen MR) is 105 cm³/mol. The number of benzene rings is 2. The van der Waals surface area contributed by atoms with Gasteiger partial charge in [-0.3, -0.25) is 10.1 Å². The molecular formula is C20H24N2O2S. The number of hydrogen-bond donors (Lipinski definition) is 2. The monoisotopic (exact) mass is 356 g/mol. The van der Waals surface area contributed by atoms with E-state index in [9.17, 15) is 4.79 Å². The number of hydrogen-bond acceptors (Lipinski definition) is 3. The van der Waals surface area contributed by atoms with Gasteiger partial charge in [0.25, 0.3) is 5.91 Å². The highest BCUT2D eigenvalue weighted by molar-refractivity contribution is 7.80. The summed E-state index contributed by atoms with van der Waals surface area (Å²) in [6.45, 7) is 4.74. The Labute approximate surface area is 154 Å². The number of ether oxygens (including phenoxy) is 1. The Morgan fingerprint density at radius 2 is 1.88 bits per heavy atom. The molecule has 132 valence electrons. The van der Waals surface area contributed by atoms with E-state index < -0.39 is 0 Å². The molecule has 0 aliphatic rings. The van der Waals surface area contributed by atoms with Crippen molar-refractivity contribution in [1.29, 1.82) is 0 Å². The number of thiocarbonyl (C=S) groups is 1. The highest BCUT2D eigenvalue weighted by Crippen LogP contribution is 2.16. The molecule has 2 aromatic carbocycles. The van der Waals surface area contributed by atoms with E-state index >= 15 is 0 Å². The van der Waals surface area contributed by atoms with Gasteiger partial charge in [-0.05, 0) is 48.8 Å². The number of carbonyl (C=O) groups excluding carboxylic acids is 1. The smallest absolute Gasteiger partial charge is 0.257 e. The molecule has 1 unspecified atom stereocenters. The van der Waals surface area contributed by atoms with Crippen LogP contribution in [-0.4, -0.2) is 17.6 Å². The molecule has 0 saturated carbocycles. The van der Waals surface area contributed by atoms with E-state index in [-0.39, 0.29) is 11.9 Å². The molecule has 0 fully saturated rings. The number of carbonyl (C=O) groups is 1. The van der Waals surface area contributed by atoms with Gasteiger partial charge in [-0.15, -0.1) is 0 Å². The van der Waals surface area contributed by atoms with Crippen molar-refractivity contribution in [3.05, 3.63) is 65.7 Å². The first-order valence-corrected chi connectivity index (χ1v) is 8.94. The summed E-state index contributed by atoms with van der Waals surface area (Å²) < 4.78 is 5.56. The molecule has 25 heavy (non-hydrogen) atoms. The Morgan fingerprint density at radius 3 is 2.56 bits per heavy atom. The van der Waals surface area contributed by atoms with Gasteiger partial charge < -0.3 is 10.1 Å². The molecule has 0 aliphatic carbocycles. The summed E-state index contributed by atoms with van der Waals surface area (Å²) >= 11 is 5.30. The van der Waals surface area contributed by atoms with Crippen LogP contribution in [0.15, 0.2) is 54.6 Å². The summed E-state index contributed by atoms with van der Waals surface area (Å²) in [7, 11) is 0. The van der Waals surface area contributed by atoms with Crippen LogP contribution in [0.4, 0.5) is 0 Å². The summed E-state index contributed by atoms with van der Waals surface area (Å²) in [5, 5.41) is 6.26. The molecule has 5 heteroatoms. The minimum absolute atomic E-state index is 0.0632. The van der Waals surface area contributed by atoms with Crippen molar-refractivity contribution in [1.82, 2.24) is 10.6 Å². The molecule has 0 aliphatic heterocycles. The lowest BCUT2D eigenvalue weighted by Gasteiger charge is -2.19. The molecule has 0 bridgehead atoms. The summed E-state index contributed by atoms with van der Waals surface area (Å²) in [4.78, 5) is 12.4. The van der Waals surface area contributed by atoms with Gasteiger partial charge in [0.15, 0.2) is 5.11 Å². The van der Waals surface area contributed by atoms with Crippen LogP contribution in [0, 0.1) is 0 Å². The minimum Gasteiger partial charge on any atom is -0.494 e. The molecule has 0 spiro atoms. The first kappa shape index (κ1) is 18.9. The molecule has 1 amide bonds. The van der Waals surface area contributed by atoms with Crippen molar-refractivity contribution in [3.8, 4) is 5.75 Å². The third kappa shape index (κ3) is 5.87. The quantitative estimate of drug-likeness (QED) is 0.729. The maximum absolute atomic E-state index is 12.4. The topological polar surface area (TPSA) is 50.4 Å². The van der Waals surface area contributed by atoms with Gasteiger partial charge in [-0.1, -0.05) is 50.2 Å². The van der Waals surface area contributed by atoms with Gasteiger partial charge in [0.1, 0.15) is 5.75 Å². The van der Waals surface area contributed by atoms with E-state index in [0.29, 0.717) is 23.0 Å². The van der Waals surface area contributed by atoms with Crippen LogP contribution in [-0.2, 0) is 0 Å². The van der Waals surface area contributed by atoms with Crippen molar-refractivity contribution in [2.45, 2.75) is 32.7 Å². The number of nitrogens with one attached hydrogen (secondary N) is 2. The van der Waals surface area contributed by atoms with Crippen molar-refractivity contribution in [3.63, 3.8) is 0 Å². The van der Waals surface area contributed by atoms with Crippen molar-refractivity contribution in [2.24, 2.45) is 0 Å². The molecule has 1 atom stereocenters. The van der Waals surface area contributed by atoms with Crippen LogP contribution >= 0.6 is 12.2 Å². The second-order valence-electron chi connectivity index (χ2n) is 5.68. The Kier molecular flexibility index (Phi) is 7.41. The lowest BCUT2D eigenvalue weighted by Crippen LogP contribution is -2.40. The second-order valence-corrected chi connectivity index (χ2v) is 6.08. The lowest BCUT2D eigenvalue weighted by molar-refractivity contribution is 0.0976. The highest BCUT2D eigenvalue weighted by Gasteiger charge is 2.13. The van der Waals surface area contributed by atoms with Gasteiger partial charge in [0.2, 0.25) is 0 Å². The van der Waals surface area contributed by atoms with Crippen LogP contribution in [0.25, 0.3) is 0 Å². The van der Waals surface area contributed by atoms with Gasteiger partial charge in [0.05, 0.1) is 12.6 Å². The average Bonchev–Trinajstić information content (AvgIpc) is 2.65. The Hall–Kier alpha value is -2.40. The zero-order valence-corrected chi connectivity index (χ0v) is 15.4. The minimum atomic E-state index is -0.248. The molecule has 0 radical (unpaired) electrons. The summed E-state index contributed by atoms with van der Waals surface area (Å²) in [6, 6.07) is 17.2. The van der Waals surface area contributed by atoms with E-state index in [2.05, 4.69) is 17.6 Å². The van der Waals surface area contributed by atoms with Crippen LogP contribution in [0.1, 0.15) is 48.7 Å². The van der Waals surface area contributed by atoms with Crippen LogP contribution in [0.2, 0.25) is 0 Å². The first-order valence-electron chi connectivity index (χ1n) is 8.53. The third-order valence-electron chi connectivity index (χ3n) is 3.71. The fourth-order valence-corrected chi connectivity index (χ4v) is 2.66. The van der Waals surface area contributed by atoms with Gasteiger partial charge >= 0.3 is 0 Å². The van der Waals surface area contributed by atoms with E-state index in [1.807, 2.05) is 43.3 Å². The largest absolute Gasteiger partial charge is 0.494 e. The Morgan fingerprint density at radius 1 is 1.12 bits per heavy atom. The summed E-state index contributed by atoms with van der Waals surface area (Å²) in [5.74, 6) is 0.437. The average molecular weight is 356 g/mol. The number of rotatable bonds is 7. The van der Waals surface area contributed by atoms with E-state index in [1.54, 1.807) is 18.2 Å². The Bertz CT molecular complexity index is 704. The highest BCUT2D eigenvalue weighted by atomic mass is 32.1. The van der Waals surface area contributed by atoms with Gasteiger partial charge in [0, 0.05) is 5.56 Å². The lowest BCUT2D eigenvalue weighted by atomic mass is 10.1. The predicted octanol–water partition coefficient (Wildman–Crippen LogP) is 4.23. The first-order chi connectivity index (χ1) is 12.1. The summed E-state index contributed by atoms with van der Waals surface area (Å²) in [6.07, 6.45) is 1.78. The van der Waals surface area contributed by atoms with Crippen molar-refractivity contribution >= 4 is 23.2 Å². The molecule has 0 saturated heterocycles. The normalized spacial score (nSPS) is 11.4. The van der Waals surface area contributed by atoms with Crippen molar-refractivity contribution < 1.29 is 9.53 Å². The molecule has 0 aromatic heterocycles. The van der Waals surface area contributed by atoms with Crippen LogP contribution < -0.4 is 15.4 Å². The fourth-order valence-electron chi connectivity index (χ4n) is 2.42. The maximum atomic E-state index is 12.4. The van der Waals surface area contributed by atoms with E-state index in [4.69, 9.17) is 17.0 Å². The van der Waals surface area contributed by atoms with Gasteiger partial charge in [-0.2, -0.15) is 0 Å². The SMILES string of the molecule is CCCOc1cccc(C(=O)NC(=S)NC(CC)c2ccccc2)c1.